The molecule has 1 aliphatic rings. The smallest absolute Gasteiger partial charge is 0.224 e. The molecule has 1 atom stereocenters. The van der Waals surface area contributed by atoms with Gasteiger partial charge in [-0.15, -0.1) is 4.16 Å². The second-order valence-electron chi connectivity index (χ2n) is 16.0. The third-order valence-electron chi connectivity index (χ3n) is 12.2. The molecule has 1 unspecified atom stereocenters. The second-order valence-corrected chi connectivity index (χ2v) is 18.0. The number of imidazole rings is 2. The van der Waals surface area contributed by atoms with Crippen molar-refractivity contribution in [2.45, 2.75) is 19.3 Å². The highest BCUT2D eigenvalue weighted by Crippen LogP contribution is 2.55. The Morgan fingerprint density at radius 3 is 1.71 bits per heavy atom. The molecule has 0 fully saturated rings. The molecule has 0 radical (unpaired) electrons. The van der Waals surface area contributed by atoms with Gasteiger partial charge in [-0.05, 0) is 92.7 Å². The average molecular weight is 836 g/mol. The lowest BCUT2D eigenvalue weighted by Gasteiger charge is -2.21. The van der Waals surface area contributed by atoms with Gasteiger partial charge in [0, 0.05) is 23.5 Å². The lowest BCUT2D eigenvalue weighted by atomic mass is 9.84. The van der Waals surface area contributed by atoms with E-state index in [9.17, 15) is 0 Å². The van der Waals surface area contributed by atoms with Gasteiger partial charge in [-0.1, -0.05) is 66.7 Å². The van der Waals surface area contributed by atoms with E-state index >= 15 is 17.6 Å². The van der Waals surface area contributed by atoms with Crippen LogP contribution in [0.25, 0.3) is 88.8 Å². The maximum Gasteiger partial charge on any atom is 0.224 e. The van der Waals surface area contributed by atoms with Crippen molar-refractivity contribution >= 4 is 45.8 Å². The van der Waals surface area contributed by atoms with Crippen LogP contribution in [0.5, 0.6) is 0 Å². The van der Waals surface area contributed by atoms with Crippen LogP contribution in [0.4, 0.5) is 17.6 Å². The Morgan fingerprint density at radius 1 is 0.532 bits per heavy atom. The Balaban J connectivity index is 1.21. The summed E-state index contributed by atoms with van der Waals surface area (Å²) < 4.78 is 76.5. The molecule has 0 saturated carbocycles. The molecule has 2 bridgehead atoms. The molecule has 11 aromatic rings. The fraction of sp³-hybridized carbons (Fsp3) is 0.0588. The second kappa shape index (κ2) is 13.3. The summed E-state index contributed by atoms with van der Waals surface area (Å²) in [6, 6.07) is 47.0. The highest BCUT2D eigenvalue weighted by Gasteiger charge is 2.42. The zero-order valence-electron chi connectivity index (χ0n) is 33.2. The Labute approximate surface area is 352 Å². The molecular weight excluding hydrogens is 804 g/mol. The van der Waals surface area contributed by atoms with Crippen molar-refractivity contribution in [2.24, 2.45) is 0 Å². The van der Waals surface area contributed by atoms with E-state index in [4.69, 9.17) is 15.0 Å². The van der Waals surface area contributed by atoms with Crippen LogP contribution in [0.3, 0.4) is 0 Å². The van der Waals surface area contributed by atoms with Crippen molar-refractivity contribution in [3.8, 4) is 50.7 Å². The number of nitrogens with zero attached hydrogens (tertiary/aromatic N) is 6. The lowest BCUT2D eigenvalue weighted by Crippen LogP contribution is -2.35. The van der Waals surface area contributed by atoms with Crippen LogP contribution in [0.15, 0.2) is 158 Å². The quantitative estimate of drug-likeness (QED) is 0.166. The maximum absolute atomic E-state index is 18.2. The topological polar surface area (TPSA) is 52.6 Å². The van der Waals surface area contributed by atoms with Crippen molar-refractivity contribution in [3.63, 3.8) is 0 Å². The summed E-state index contributed by atoms with van der Waals surface area (Å²) in [5, 5.41) is 0.656. The van der Waals surface area contributed by atoms with Gasteiger partial charge in [0.05, 0.1) is 66.0 Å². The summed E-state index contributed by atoms with van der Waals surface area (Å²) >= 11 is 0. The minimum Gasteiger partial charge on any atom is -0.292 e. The fourth-order valence-corrected chi connectivity index (χ4v) is 12.2. The van der Waals surface area contributed by atoms with Gasteiger partial charge in [-0.2, -0.15) is 0 Å². The van der Waals surface area contributed by atoms with Gasteiger partial charge < -0.3 is 0 Å². The predicted octanol–water partition coefficient (Wildman–Crippen LogP) is 12.8. The van der Waals surface area contributed by atoms with Crippen molar-refractivity contribution in [3.05, 3.63) is 192 Å². The molecule has 0 aliphatic carbocycles. The summed E-state index contributed by atoms with van der Waals surface area (Å²) in [5.74, 6) is -3.24. The van der Waals surface area contributed by atoms with Crippen molar-refractivity contribution < 1.29 is 21.7 Å². The summed E-state index contributed by atoms with van der Waals surface area (Å²) in [5.41, 5.74) is 4.48. The highest BCUT2D eigenvalue weighted by atomic mass is 31.1. The SMILES string of the molecule is CC1(C)c2cccc(n2)-c2c(cc(F)c(-c3nc4ccccc4n3-c3ccccc3)c2F)-p2c3cc(F)c(-c4nc5ccccc5n4-c4ccccc4)c(F)c3c3cccc1[n+]32. The van der Waals surface area contributed by atoms with Crippen LogP contribution in [0, 0.1) is 23.3 Å². The minimum atomic E-state index is -2.08. The molecule has 11 heteroatoms. The summed E-state index contributed by atoms with van der Waals surface area (Å²) in [7, 11) is -2.08. The highest BCUT2D eigenvalue weighted by molar-refractivity contribution is 7.56. The molecule has 6 nitrogen and oxygen atoms in total. The van der Waals surface area contributed by atoms with Crippen LogP contribution in [0.2, 0.25) is 0 Å². The molecule has 12 rings (SSSR count). The van der Waals surface area contributed by atoms with Gasteiger partial charge in [0.25, 0.3) is 0 Å². The van der Waals surface area contributed by atoms with Gasteiger partial charge in [-0.3, -0.25) is 14.1 Å². The summed E-state index contributed by atoms with van der Waals surface area (Å²) in [6.07, 6.45) is 0. The Hall–Kier alpha value is -7.42. The molecule has 0 N–H and O–H groups in total. The number of fused-ring (bicyclic) bond motifs is 10. The van der Waals surface area contributed by atoms with E-state index in [-0.39, 0.29) is 49.8 Å². The van der Waals surface area contributed by atoms with Gasteiger partial charge in [0.15, 0.2) is 25.2 Å². The minimum absolute atomic E-state index is 0.0376. The number of halogens is 4. The Morgan fingerprint density at radius 2 is 1.08 bits per heavy atom. The zero-order valence-corrected chi connectivity index (χ0v) is 34.0. The monoisotopic (exact) mass is 835 g/mol. The Kier molecular flexibility index (Phi) is 7.81. The van der Waals surface area contributed by atoms with E-state index in [0.717, 1.165) is 5.69 Å². The van der Waals surface area contributed by atoms with Crippen molar-refractivity contribution in [1.29, 1.82) is 0 Å². The largest absolute Gasteiger partial charge is 0.292 e. The normalized spacial score (nSPS) is 13.4. The number of rotatable bonds is 4. The van der Waals surface area contributed by atoms with E-state index in [0.29, 0.717) is 44.7 Å². The molecule has 298 valence electrons. The standard InChI is InChI=1S/C51H32F4N6P/c1-51(2)41-25-13-21-35(56-41)45-39(27-31(52)43(47(45)54)49-57-33-19-9-11-22-36(33)59(49)29-15-5-3-6-16-29)62-40-28-32(53)44(48(55)46(40)38-24-14-26-42(51)61(38)62)50-58-34-20-10-12-23-37(34)60(50)30-17-7-4-8-18-30/h3-28H,1-2H3/q+1. The lowest BCUT2D eigenvalue weighted by molar-refractivity contribution is -0.447. The first-order valence-electron chi connectivity index (χ1n) is 20.2. The zero-order chi connectivity index (χ0) is 42.0. The van der Waals surface area contributed by atoms with Gasteiger partial charge in [0.1, 0.15) is 22.8 Å². The number of aromatic nitrogens is 6. The Bertz CT molecular complexity index is 3670. The number of hydrogen-bond acceptors (Lipinski definition) is 3. The van der Waals surface area contributed by atoms with Crippen LogP contribution >= 0.6 is 7.69 Å². The van der Waals surface area contributed by atoms with Crippen LogP contribution in [0.1, 0.15) is 25.2 Å². The number of hydrogen-bond donors (Lipinski definition) is 0. The fourth-order valence-electron chi connectivity index (χ4n) is 9.29. The van der Waals surface area contributed by atoms with Gasteiger partial charge in [-0.25, -0.2) is 27.5 Å². The first-order valence-corrected chi connectivity index (χ1v) is 21.4. The van der Waals surface area contributed by atoms with Crippen LogP contribution in [-0.4, -0.2) is 24.1 Å². The van der Waals surface area contributed by atoms with Gasteiger partial charge >= 0.3 is 0 Å². The molecule has 0 saturated heterocycles. The molecule has 6 heterocycles. The molecule has 0 amide bonds. The molecule has 0 spiro atoms. The van der Waals surface area contributed by atoms with Crippen LogP contribution < -0.4 is 4.16 Å². The number of benzene rings is 6. The van der Waals surface area contributed by atoms with Crippen molar-refractivity contribution in [1.82, 2.24) is 24.1 Å². The molecule has 62 heavy (non-hydrogen) atoms. The summed E-state index contributed by atoms with van der Waals surface area (Å²) in [4.78, 5) is 14.7. The molecule has 1 aliphatic heterocycles. The van der Waals surface area contributed by atoms with Crippen LogP contribution in [-0.2, 0) is 5.41 Å². The third kappa shape index (κ3) is 5.04. The van der Waals surface area contributed by atoms with E-state index in [1.54, 1.807) is 27.3 Å². The number of para-hydroxylation sites is 6. The van der Waals surface area contributed by atoms with Crippen molar-refractivity contribution in [2.75, 3.05) is 0 Å². The third-order valence-corrected chi connectivity index (χ3v) is 14.6. The van der Waals surface area contributed by atoms with E-state index in [2.05, 4.69) is 0 Å². The first kappa shape index (κ1) is 36.4. The summed E-state index contributed by atoms with van der Waals surface area (Å²) in [6.45, 7) is 4.01. The van der Waals surface area contributed by atoms with E-state index < -0.39 is 36.4 Å². The van der Waals surface area contributed by atoms with E-state index in [1.807, 2.05) is 145 Å². The maximum atomic E-state index is 18.2. The molecule has 5 aromatic heterocycles. The number of pyridine rings is 2. The first-order chi connectivity index (χ1) is 30.2. The molecule has 6 aromatic carbocycles. The van der Waals surface area contributed by atoms with E-state index in [1.165, 1.54) is 12.1 Å². The van der Waals surface area contributed by atoms with Gasteiger partial charge in [0.2, 0.25) is 11.2 Å². The predicted molar refractivity (Wildman–Crippen MR) is 236 cm³/mol. The average Bonchev–Trinajstić information content (AvgIpc) is 3.96. The molecular formula is C51H32F4N6P+.